The van der Waals surface area contributed by atoms with E-state index in [1.165, 1.54) is 17.5 Å². The van der Waals surface area contributed by atoms with Crippen molar-refractivity contribution in [1.29, 1.82) is 0 Å². The van der Waals surface area contributed by atoms with E-state index in [0.29, 0.717) is 19.4 Å². The first kappa shape index (κ1) is 13.9. The minimum absolute atomic E-state index is 0.454. The van der Waals surface area contributed by atoms with Crippen molar-refractivity contribution in [2.24, 2.45) is 5.73 Å². The molecule has 0 saturated heterocycles. The predicted molar refractivity (Wildman–Crippen MR) is 73.4 cm³/mol. The Labute approximate surface area is 113 Å². The maximum absolute atomic E-state index is 11.2. The van der Waals surface area contributed by atoms with E-state index in [9.17, 15) is 9.90 Å². The van der Waals surface area contributed by atoms with Crippen molar-refractivity contribution in [2.45, 2.75) is 44.6 Å². The number of hydrogen-bond donors (Lipinski definition) is 2. The Balaban J connectivity index is 2.14. The molecule has 0 amide bonds. The second kappa shape index (κ2) is 6.57. The van der Waals surface area contributed by atoms with Crippen LogP contribution in [0.25, 0.3) is 0 Å². The molecule has 1 unspecified atom stereocenters. The van der Waals surface area contributed by atoms with Crippen LogP contribution in [0.1, 0.15) is 36.8 Å². The van der Waals surface area contributed by atoms with Gasteiger partial charge >= 0.3 is 5.97 Å². The molecule has 104 valence electrons. The zero-order valence-electron chi connectivity index (χ0n) is 11.1. The summed E-state index contributed by atoms with van der Waals surface area (Å²) in [6.45, 7) is 0.486. The SMILES string of the molecule is NCCCC(Oc1cccc2c1CCCC2)C(=O)O. The van der Waals surface area contributed by atoms with Gasteiger partial charge in [-0.05, 0) is 62.3 Å². The normalized spacial score (nSPS) is 15.6. The number of fused-ring (bicyclic) bond motifs is 1. The maximum atomic E-state index is 11.2. The van der Waals surface area contributed by atoms with Crippen molar-refractivity contribution in [1.82, 2.24) is 0 Å². The number of carbonyl (C=O) groups is 1. The zero-order chi connectivity index (χ0) is 13.7. The minimum Gasteiger partial charge on any atom is -0.479 e. The topological polar surface area (TPSA) is 72.5 Å². The molecule has 1 aromatic carbocycles. The zero-order valence-corrected chi connectivity index (χ0v) is 11.1. The summed E-state index contributed by atoms with van der Waals surface area (Å²) in [5.74, 6) is -0.177. The van der Waals surface area contributed by atoms with Gasteiger partial charge in [-0.3, -0.25) is 0 Å². The van der Waals surface area contributed by atoms with Crippen molar-refractivity contribution < 1.29 is 14.6 Å². The first-order valence-corrected chi connectivity index (χ1v) is 6.92. The minimum atomic E-state index is -0.915. The lowest BCUT2D eigenvalue weighted by atomic mass is 9.91. The van der Waals surface area contributed by atoms with Gasteiger partial charge < -0.3 is 15.6 Å². The molecule has 0 aromatic heterocycles. The van der Waals surface area contributed by atoms with Crippen molar-refractivity contribution in [3.05, 3.63) is 29.3 Å². The summed E-state index contributed by atoms with van der Waals surface area (Å²) in [5.41, 5.74) is 7.92. The monoisotopic (exact) mass is 263 g/mol. The summed E-state index contributed by atoms with van der Waals surface area (Å²) in [5, 5.41) is 9.20. The molecule has 4 heteroatoms. The lowest BCUT2D eigenvalue weighted by molar-refractivity contribution is -0.145. The van der Waals surface area contributed by atoms with Gasteiger partial charge in [-0.2, -0.15) is 0 Å². The number of nitrogens with two attached hydrogens (primary N) is 1. The van der Waals surface area contributed by atoms with E-state index >= 15 is 0 Å². The van der Waals surface area contributed by atoms with Gasteiger partial charge in [-0.25, -0.2) is 4.79 Å². The highest BCUT2D eigenvalue weighted by Gasteiger charge is 2.21. The Bertz CT molecular complexity index is 445. The number of carboxylic acid groups (broad SMARTS) is 1. The molecular formula is C15H21NO3. The molecule has 1 aromatic rings. The number of aliphatic carboxylic acids is 1. The standard InChI is InChI=1S/C15H21NO3/c16-10-4-9-14(15(17)18)19-13-8-3-6-11-5-1-2-7-12(11)13/h3,6,8,14H,1-2,4-5,7,9-10,16H2,(H,17,18). The van der Waals surface area contributed by atoms with E-state index in [2.05, 4.69) is 6.07 Å². The Morgan fingerprint density at radius 3 is 2.89 bits per heavy atom. The van der Waals surface area contributed by atoms with Gasteiger partial charge in [-0.1, -0.05) is 12.1 Å². The van der Waals surface area contributed by atoms with Gasteiger partial charge in [0.05, 0.1) is 0 Å². The van der Waals surface area contributed by atoms with Gasteiger partial charge in [-0.15, -0.1) is 0 Å². The highest BCUT2D eigenvalue weighted by atomic mass is 16.5. The summed E-state index contributed by atoms with van der Waals surface area (Å²) >= 11 is 0. The second-order valence-corrected chi connectivity index (χ2v) is 4.98. The summed E-state index contributed by atoms with van der Waals surface area (Å²) in [6.07, 6.45) is 4.71. The summed E-state index contributed by atoms with van der Waals surface area (Å²) in [7, 11) is 0. The van der Waals surface area contributed by atoms with Crippen LogP contribution in [0, 0.1) is 0 Å². The average Bonchev–Trinajstić information content (AvgIpc) is 2.43. The van der Waals surface area contributed by atoms with Gasteiger partial charge in [0.2, 0.25) is 0 Å². The van der Waals surface area contributed by atoms with Crippen LogP contribution >= 0.6 is 0 Å². The molecular weight excluding hydrogens is 242 g/mol. The van der Waals surface area contributed by atoms with E-state index in [0.717, 1.165) is 25.0 Å². The Morgan fingerprint density at radius 1 is 1.37 bits per heavy atom. The number of rotatable bonds is 6. The molecule has 0 saturated carbocycles. The molecule has 4 nitrogen and oxygen atoms in total. The fraction of sp³-hybridized carbons (Fsp3) is 0.533. The third-order valence-corrected chi connectivity index (χ3v) is 3.57. The molecule has 2 rings (SSSR count). The number of ether oxygens (including phenoxy) is 1. The lowest BCUT2D eigenvalue weighted by Gasteiger charge is -2.22. The van der Waals surface area contributed by atoms with E-state index in [1.54, 1.807) is 0 Å². The Hall–Kier alpha value is -1.55. The van der Waals surface area contributed by atoms with Crippen molar-refractivity contribution in [2.75, 3.05) is 6.54 Å². The molecule has 19 heavy (non-hydrogen) atoms. The van der Waals surface area contributed by atoms with Crippen LogP contribution in [-0.2, 0) is 17.6 Å². The van der Waals surface area contributed by atoms with Crippen LogP contribution in [0.15, 0.2) is 18.2 Å². The van der Waals surface area contributed by atoms with Crippen LogP contribution in [0.5, 0.6) is 5.75 Å². The van der Waals surface area contributed by atoms with Gasteiger partial charge in [0, 0.05) is 0 Å². The van der Waals surface area contributed by atoms with E-state index in [-0.39, 0.29) is 0 Å². The number of carboxylic acids is 1. The van der Waals surface area contributed by atoms with Crippen LogP contribution in [0.4, 0.5) is 0 Å². The third-order valence-electron chi connectivity index (χ3n) is 3.57. The summed E-state index contributed by atoms with van der Waals surface area (Å²) in [6, 6.07) is 5.93. The Morgan fingerprint density at radius 2 is 2.16 bits per heavy atom. The van der Waals surface area contributed by atoms with E-state index < -0.39 is 12.1 Å². The number of benzene rings is 1. The fourth-order valence-corrected chi connectivity index (χ4v) is 2.55. The second-order valence-electron chi connectivity index (χ2n) is 4.98. The molecule has 0 aliphatic heterocycles. The molecule has 0 bridgehead atoms. The average molecular weight is 263 g/mol. The summed E-state index contributed by atoms with van der Waals surface area (Å²) < 4.78 is 5.72. The molecule has 0 spiro atoms. The number of hydrogen-bond acceptors (Lipinski definition) is 3. The Kier molecular flexibility index (Phi) is 4.80. The van der Waals surface area contributed by atoms with Crippen molar-refractivity contribution in [3.63, 3.8) is 0 Å². The van der Waals surface area contributed by atoms with Gasteiger partial charge in [0.1, 0.15) is 5.75 Å². The largest absolute Gasteiger partial charge is 0.479 e. The fourth-order valence-electron chi connectivity index (χ4n) is 2.55. The molecule has 0 heterocycles. The molecule has 0 radical (unpaired) electrons. The van der Waals surface area contributed by atoms with Crippen LogP contribution in [0.3, 0.4) is 0 Å². The van der Waals surface area contributed by atoms with Crippen LogP contribution < -0.4 is 10.5 Å². The highest BCUT2D eigenvalue weighted by molar-refractivity contribution is 5.72. The number of aryl methyl sites for hydroxylation is 1. The first-order chi connectivity index (χ1) is 9.22. The smallest absolute Gasteiger partial charge is 0.344 e. The molecule has 1 aliphatic carbocycles. The molecule has 1 atom stereocenters. The first-order valence-electron chi connectivity index (χ1n) is 6.92. The van der Waals surface area contributed by atoms with E-state index in [1.807, 2.05) is 12.1 Å². The molecule has 1 aliphatic rings. The van der Waals surface area contributed by atoms with Crippen molar-refractivity contribution >= 4 is 5.97 Å². The van der Waals surface area contributed by atoms with E-state index in [4.69, 9.17) is 10.5 Å². The van der Waals surface area contributed by atoms with Gasteiger partial charge in [0.15, 0.2) is 6.10 Å². The quantitative estimate of drug-likeness (QED) is 0.824. The summed E-state index contributed by atoms with van der Waals surface area (Å²) in [4.78, 5) is 11.2. The van der Waals surface area contributed by atoms with Gasteiger partial charge in [0.25, 0.3) is 0 Å². The maximum Gasteiger partial charge on any atom is 0.344 e. The highest BCUT2D eigenvalue weighted by Crippen LogP contribution is 2.30. The van der Waals surface area contributed by atoms with Crippen LogP contribution in [-0.4, -0.2) is 23.7 Å². The molecule has 3 N–H and O–H groups in total. The lowest BCUT2D eigenvalue weighted by Crippen LogP contribution is -2.28. The van der Waals surface area contributed by atoms with Crippen LogP contribution in [0.2, 0.25) is 0 Å². The third kappa shape index (κ3) is 3.47. The predicted octanol–water partition coefficient (Wildman–Crippen LogP) is 2.14. The molecule has 0 fully saturated rings. The van der Waals surface area contributed by atoms with Crippen molar-refractivity contribution in [3.8, 4) is 5.75 Å².